The highest BCUT2D eigenvalue weighted by molar-refractivity contribution is 5.82. The Morgan fingerprint density at radius 2 is 2.19 bits per heavy atom. The Morgan fingerprint density at radius 3 is 3.08 bits per heavy atom. The van der Waals surface area contributed by atoms with E-state index in [-0.39, 0.29) is 5.56 Å². The van der Waals surface area contributed by atoms with Crippen LogP contribution in [0.25, 0.3) is 11.0 Å². The standard InChI is InChI=1S/C20H24N4O2/c1-14-17(16-7-3-4-8-18(16)26-14)12-22-15-6-5-10-24(13-15)19-20(25)23(2)11-9-21-19/h3-4,7-9,11,15,22H,5-6,10,12-13H2,1-2H3/t15-/m0/s1. The maximum absolute atomic E-state index is 12.3. The monoisotopic (exact) mass is 352 g/mol. The van der Waals surface area contributed by atoms with Crippen molar-refractivity contribution in [3.8, 4) is 0 Å². The number of anilines is 1. The van der Waals surface area contributed by atoms with Crippen molar-refractivity contribution in [3.05, 3.63) is 58.3 Å². The fraction of sp³-hybridized carbons (Fsp3) is 0.400. The SMILES string of the molecule is Cc1oc2ccccc2c1CN[C@H]1CCCN(c2nccn(C)c2=O)C1. The summed E-state index contributed by atoms with van der Waals surface area (Å²) in [6.45, 7) is 4.45. The third kappa shape index (κ3) is 3.12. The molecule has 0 spiro atoms. The quantitative estimate of drug-likeness (QED) is 0.782. The molecule has 0 amide bonds. The van der Waals surface area contributed by atoms with E-state index >= 15 is 0 Å². The number of nitrogens with one attached hydrogen (secondary N) is 1. The van der Waals surface area contributed by atoms with E-state index in [0.717, 1.165) is 43.8 Å². The van der Waals surface area contributed by atoms with Gasteiger partial charge in [0, 0.05) is 56.1 Å². The topological polar surface area (TPSA) is 63.3 Å². The summed E-state index contributed by atoms with van der Waals surface area (Å²) in [6, 6.07) is 8.47. The molecule has 1 aliphatic rings. The Hall–Kier alpha value is -2.60. The van der Waals surface area contributed by atoms with Crippen LogP contribution in [0.2, 0.25) is 0 Å². The fourth-order valence-electron chi connectivity index (χ4n) is 3.72. The number of hydrogen-bond donors (Lipinski definition) is 1. The molecular formula is C20H24N4O2. The summed E-state index contributed by atoms with van der Waals surface area (Å²) in [5.41, 5.74) is 2.11. The van der Waals surface area contributed by atoms with E-state index in [2.05, 4.69) is 21.3 Å². The summed E-state index contributed by atoms with van der Waals surface area (Å²) < 4.78 is 7.44. The van der Waals surface area contributed by atoms with Crippen molar-refractivity contribution in [1.29, 1.82) is 0 Å². The number of nitrogens with zero attached hydrogens (tertiary/aromatic N) is 3. The molecule has 0 radical (unpaired) electrons. The molecule has 1 N–H and O–H groups in total. The lowest BCUT2D eigenvalue weighted by Gasteiger charge is -2.33. The van der Waals surface area contributed by atoms with E-state index in [0.29, 0.717) is 11.9 Å². The molecule has 6 heteroatoms. The van der Waals surface area contributed by atoms with Gasteiger partial charge in [-0.1, -0.05) is 18.2 Å². The van der Waals surface area contributed by atoms with E-state index in [1.165, 1.54) is 10.9 Å². The summed E-state index contributed by atoms with van der Waals surface area (Å²) >= 11 is 0. The smallest absolute Gasteiger partial charge is 0.293 e. The number of aromatic nitrogens is 2. The van der Waals surface area contributed by atoms with Crippen LogP contribution in [0.15, 0.2) is 45.9 Å². The van der Waals surface area contributed by atoms with Gasteiger partial charge in [-0.3, -0.25) is 4.79 Å². The van der Waals surface area contributed by atoms with Gasteiger partial charge in [-0.2, -0.15) is 0 Å². The Labute approximate surface area is 152 Å². The zero-order valence-corrected chi connectivity index (χ0v) is 15.2. The second kappa shape index (κ2) is 6.96. The molecule has 6 nitrogen and oxygen atoms in total. The van der Waals surface area contributed by atoms with Crippen molar-refractivity contribution >= 4 is 16.8 Å². The predicted molar refractivity (Wildman–Crippen MR) is 103 cm³/mol. The summed E-state index contributed by atoms with van der Waals surface area (Å²) in [5, 5.41) is 4.82. The van der Waals surface area contributed by atoms with Crippen LogP contribution in [0.1, 0.15) is 24.2 Å². The number of furan rings is 1. The van der Waals surface area contributed by atoms with Crippen LogP contribution in [0.5, 0.6) is 0 Å². The van der Waals surface area contributed by atoms with Crippen molar-refractivity contribution in [2.24, 2.45) is 7.05 Å². The van der Waals surface area contributed by atoms with Crippen LogP contribution in [-0.4, -0.2) is 28.7 Å². The normalized spacial score (nSPS) is 17.8. The van der Waals surface area contributed by atoms with Crippen LogP contribution >= 0.6 is 0 Å². The van der Waals surface area contributed by atoms with E-state index in [1.807, 2.05) is 25.1 Å². The molecule has 0 bridgehead atoms. The van der Waals surface area contributed by atoms with Crippen LogP contribution in [0.4, 0.5) is 5.82 Å². The highest BCUT2D eigenvalue weighted by Gasteiger charge is 2.23. The van der Waals surface area contributed by atoms with E-state index in [1.54, 1.807) is 24.0 Å². The average Bonchev–Trinajstić information content (AvgIpc) is 2.97. The molecular weight excluding hydrogens is 328 g/mol. The first-order valence-electron chi connectivity index (χ1n) is 9.10. The first-order chi connectivity index (χ1) is 12.6. The molecule has 0 saturated carbocycles. The lowest BCUT2D eigenvalue weighted by molar-refractivity contribution is 0.417. The highest BCUT2D eigenvalue weighted by atomic mass is 16.3. The van der Waals surface area contributed by atoms with Gasteiger partial charge in [0.05, 0.1) is 0 Å². The number of hydrogen-bond acceptors (Lipinski definition) is 5. The van der Waals surface area contributed by atoms with E-state index in [9.17, 15) is 4.79 Å². The molecule has 1 atom stereocenters. The van der Waals surface area contributed by atoms with Crippen LogP contribution in [-0.2, 0) is 13.6 Å². The zero-order chi connectivity index (χ0) is 18.1. The molecule has 3 aromatic rings. The molecule has 0 aliphatic carbocycles. The number of piperidine rings is 1. The summed E-state index contributed by atoms with van der Waals surface area (Å²) in [5.74, 6) is 1.51. The molecule has 2 aromatic heterocycles. The molecule has 1 aliphatic heterocycles. The van der Waals surface area contributed by atoms with Crippen molar-refractivity contribution < 1.29 is 4.42 Å². The summed E-state index contributed by atoms with van der Waals surface area (Å²) in [4.78, 5) is 18.7. The first-order valence-corrected chi connectivity index (χ1v) is 9.10. The number of aryl methyl sites for hydroxylation is 2. The third-order valence-corrected chi connectivity index (χ3v) is 5.19. The lowest BCUT2D eigenvalue weighted by atomic mass is 10.0. The Morgan fingerprint density at radius 1 is 1.35 bits per heavy atom. The summed E-state index contributed by atoms with van der Waals surface area (Å²) in [7, 11) is 1.76. The predicted octanol–water partition coefficient (Wildman–Crippen LogP) is 2.59. The number of benzene rings is 1. The Bertz CT molecular complexity index is 975. The minimum Gasteiger partial charge on any atom is -0.461 e. The minimum atomic E-state index is -0.0372. The average molecular weight is 352 g/mol. The van der Waals surface area contributed by atoms with Crippen LogP contribution in [0, 0.1) is 6.92 Å². The van der Waals surface area contributed by atoms with Gasteiger partial charge in [0.25, 0.3) is 5.56 Å². The molecule has 26 heavy (non-hydrogen) atoms. The van der Waals surface area contributed by atoms with Crippen LogP contribution in [0.3, 0.4) is 0 Å². The van der Waals surface area contributed by atoms with E-state index in [4.69, 9.17) is 4.42 Å². The lowest BCUT2D eigenvalue weighted by Crippen LogP contribution is -2.47. The maximum Gasteiger partial charge on any atom is 0.293 e. The second-order valence-electron chi connectivity index (χ2n) is 6.97. The van der Waals surface area contributed by atoms with Gasteiger partial charge in [-0.25, -0.2) is 4.98 Å². The van der Waals surface area contributed by atoms with E-state index < -0.39 is 0 Å². The third-order valence-electron chi connectivity index (χ3n) is 5.19. The van der Waals surface area contributed by atoms with Crippen molar-refractivity contribution in [2.45, 2.75) is 32.4 Å². The van der Waals surface area contributed by atoms with Gasteiger partial charge in [-0.15, -0.1) is 0 Å². The zero-order valence-electron chi connectivity index (χ0n) is 15.2. The first kappa shape index (κ1) is 16.8. The second-order valence-corrected chi connectivity index (χ2v) is 6.97. The molecule has 1 fully saturated rings. The maximum atomic E-state index is 12.3. The molecule has 3 heterocycles. The minimum absolute atomic E-state index is 0.0372. The molecule has 0 unspecified atom stereocenters. The van der Waals surface area contributed by atoms with Gasteiger partial charge in [-0.05, 0) is 25.8 Å². The Balaban J connectivity index is 1.48. The van der Waals surface area contributed by atoms with Gasteiger partial charge in [0.2, 0.25) is 0 Å². The number of rotatable bonds is 4. The highest BCUT2D eigenvalue weighted by Crippen LogP contribution is 2.25. The number of fused-ring (bicyclic) bond motifs is 1. The largest absolute Gasteiger partial charge is 0.461 e. The van der Waals surface area contributed by atoms with Gasteiger partial charge < -0.3 is 19.2 Å². The van der Waals surface area contributed by atoms with Gasteiger partial charge >= 0.3 is 0 Å². The summed E-state index contributed by atoms with van der Waals surface area (Å²) in [6.07, 6.45) is 5.52. The van der Waals surface area contributed by atoms with Crippen LogP contribution < -0.4 is 15.8 Å². The van der Waals surface area contributed by atoms with Crippen molar-refractivity contribution in [1.82, 2.24) is 14.9 Å². The molecule has 4 rings (SSSR count). The number of para-hydroxylation sites is 1. The molecule has 1 aromatic carbocycles. The van der Waals surface area contributed by atoms with Crippen molar-refractivity contribution in [3.63, 3.8) is 0 Å². The fourth-order valence-corrected chi connectivity index (χ4v) is 3.72. The van der Waals surface area contributed by atoms with Gasteiger partial charge in [0.15, 0.2) is 5.82 Å². The molecule has 136 valence electrons. The molecule has 1 saturated heterocycles. The Kier molecular flexibility index (Phi) is 4.51. The van der Waals surface area contributed by atoms with Crippen molar-refractivity contribution in [2.75, 3.05) is 18.0 Å². The van der Waals surface area contributed by atoms with Gasteiger partial charge in [0.1, 0.15) is 11.3 Å².